The van der Waals surface area contributed by atoms with Gasteiger partial charge in [0.2, 0.25) is 11.7 Å². The molecule has 9 heteroatoms. The van der Waals surface area contributed by atoms with Crippen LogP contribution < -0.4 is 5.32 Å². The van der Waals surface area contributed by atoms with Crippen molar-refractivity contribution in [2.24, 2.45) is 0 Å². The monoisotopic (exact) mass is 337 g/mol. The number of furan rings is 1. The second kappa shape index (κ2) is 6.19. The van der Waals surface area contributed by atoms with Crippen LogP contribution in [0.3, 0.4) is 0 Å². The number of rotatable bonds is 4. The molecule has 0 bridgehead atoms. The van der Waals surface area contributed by atoms with Crippen molar-refractivity contribution in [3.8, 4) is 11.6 Å². The first-order valence-corrected chi connectivity index (χ1v) is 6.75. The first kappa shape index (κ1) is 15.8. The molecule has 1 aromatic carbocycles. The number of halogens is 3. The summed E-state index contributed by atoms with van der Waals surface area (Å²) in [6.07, 6.45) is -2.99. The summed E-state index contributed by atoms with van der Waals surface area (Å²) in [5, 5.41) is 6.18. The number of alkyl halides is 3. The molecule has 24 heavy (non-hydrogen) atoms. The highest BCUT2D eigenvalue weighted by atomic mass is 19.4. The Kier molecular flexibility index (Phi) is 4.07. The quantitative estimate of drug-likeness (QED) is 0.790. The molecule has 2 aromatic heterocycles. The van der Waals surface area contributed by atoms with E-state index < -0.39 is 17.6 Å². The predicted octanol–water partition coefficient (Wildman–Crippen LogP) is 3.28. The topological polar surface area (TPSA) is 81.2 Å². The van der Waals surface area contributed by atoms with Crippen molar-refractivity contribution >= 4 is 5.91 Å². The Morgan fingerprint density at radius 1 is 1.17 bits per heavy atom. The van der Waals surface area contributed by atoms with Crippen LogP contribution in [0.5, 0.6) is 0 Å². The molecule has 0 atom stereocenters. The van der Waals surface area contributed by atoms with Crippen LogP contribution in [-0.2, 0) is 12.7 Å². The SMILES string of the molecule is O=C(NCc1nc(-c2ccco2)no1)c1ccc(C(F)(F)F)cc1. The molecule has 0 radical (unpaired) electrons. The lowest BCUT2D eigenvalue weighted by Gasteiger charge is -2.07. The maximum atomic E-state index is 12.5. The first-order valence-electron chi connectivity index (χ1n) is 6.75. The minimum atomic E-state index is -4.44. The molecule has 0 saturated carbocycles. The van der Waals surface area contributed by atoms with Crippen molar-refractivity contribution in [2.75, 3.05) is 0 Å². The van der Waals surface area contributed by atoms with Gasteiger partial charge in [-0.15, -0.1) is 0 Å². The predicted molar refractivity (Wildman–Crippen MR) is 74.6 cm³/mol. The van der Waals surface area contributed by atoms with Gasteiger partial charge in [0.1, 0.15) is 0 Å². The van der Waals surface area contributed by atoms with Crippen molar-refractivity contribution in [3.63, 3.8) is 0 Å². The molecule has 0 unspecified atom stereocenters. The van der Waals surface area contributed by atoms with Crippen LogP contribution in [0.25, 0.3) is 11.6 Å². The molecule has 0 saturated heterocycles. The van der Waals surface area contributed by atoms with Crippen LogP contribution in [0.4, 0.5) is 13.2 Å². The fourth-order valence-electron chi connectivity index (χ4n) is 1.90. The van der Waals surface area contributed by atoms with Crippen molar-refractivity contribution in [1.29, 1.82) is 0 Å². The minimum Gasteiger partial charge on any atom is -0.461 e. The van der Waals surface area contributed by atoms with Crippen molar-refractivity contribution in [3.05, 3.63) is 59.7 Å². The summed E-state index contributed by atoms with van der Waals surface area (Å²) in [5.41, 5.74) is -0.729. The number of carbonyl (C=O) groups excluding carboxylic acids is 1. The summed E-state index contributed by atoms with van der Waals surface area (Å²) >= 11 is 0. The van der Waals surface area contributed by atoms with Gasteiger partial charge in [-0.05, 0) is 36.4 Å². The van der Waals surface area contributed by atoms with Gasteiger partial charge in [0.25, 0.3) is 5.91 Å². The maximum absolute atomic E-state index is 12.5. The number of carbonyl (C=O) groups is 1. The number of hydrogen-bond acceptors (Lipinski definition) is 5. The summed E-state index contributed by atoms with van der Waals surface area (Å²) in [4.78, 5) is 15.9. The molecule has 6 nitrogen and oxygen atoms in total. The average molecular weight is 337 g/mol. The largest absolute Gasteiger partial charge is 0.461 e. The summed E-state index contributed by atoms with van der Waals surface area (Å²) in [5.74, 6) is 0.237. The van der Waals surface area contributed by atoms with E-state index in [0.717, 1.165) is 24.3 Å². The van der Waals surface area contributed by atoms with E-state index in [9.17, 15) is 18.0 Å². The highest BCUT2D eigenvalue weighted by Gasteiger charge is 2.30. The standard InChI is InChI=1S/C15H10F3N3O3/c16-15(17,18)10-5-3-9(4-6-10)14(22)19-8-12-20-13(21-24-12)11-2-1-7-23-11/h1-7H,8H2,(H,19,22). The lowest BCUT2D eigenvalue weighted by molar-refractivity contribution is -0.137. The first-order chi connectivity index (χ1) is 11.4. The van der Waals surface area contributed by atoms with Crippen molar-refractivity contribution in [1.82, 2.24) is 15.5 Å². The molecule has 124 valence electrons. The van der Waals surface area contributed by atoms with Crippen molar-refractivity contribution < 1.29 is 26.9 Å². The van der Waals surface area contributed by atoms with Crippen LogP contribution in [0.2, 0.25) is 0 Å². The third-order valence-corrected chi connectivity index (χ3v) is 3.08. The maximum Gasteiger partial charge on any atom is 0.416 e. The lowest BCUT2D eigenvalue weighted by Crippen LogP contribution is -2.23. The zero-order valence-corrected chi connectivity index (χ0v) is 12.0. The number of nitrogens with one attached hydrogen (secondary N) is 1. The molecule has 1 N–H and O–H groups in total. The van der Waals surface area contributed by atoms with Crippen LogP contribution in [0.15, 0.2) is 51.6 Å². The number of aromatic nitrogens is 2. The molecule has 0 fully saturated rings. The van der Waals surface area contributed by atoms with Crippen LogP contribution in [0, 0.1) is 0 Å². The third kappa shape index (κ3) is 3.45. The van der Waals surface area contributed by atoms with E-state index in [1.165, 1.54) is 6.26 Å². The van der Waals surface area contributed by atoms with Crippen LogP contribution >= 0.6 is 0 Å². The summed E-state index contributed by atoms with van der Waals surface area (Å²) in [6.45, 7) is -0.0619. The van der Waals surface area contributed by atoms with E-state index in [2.05, 4.69) is 15.5 Å². The number of hydrogen-bond donors (Lipinski definition) is 1. The zero-order valence-electron chi connectivity index (χ0n) is 12.0. The van der Waals surface area contributed by atoms with Gasteiger partial charge >= 0.3 is 6.18 Å². The molecule has 1 amide bonds. The molecule has 3 aromatic rings. The molecule has 2 heterocycles. The highest BCUT2D eigenvalue weighted by Crippen LogP contribution is 2.29. The molecule has 3 rings (SSSR count). The summed E-state index contributed by atoms with van der Waals surface area (Å²) in [7, 11) is 0. The molecule has 0 aliphatic rings. The third-order valence-electron chi connectivity index (χ3n) is 3.08. The van der Waals surface area contributed by atoms with E-state index in [1.807, 2.05) is 0 Å². The fourth-order valence-corrected chi connectivity index (χ4v) is 1.90. The van der Waals surface area contributed by atoms with E-state index in [1.54, 1.807) is 12.1 Å². The Bertz CT molecular complexity index is 824. The van der Waals surface area contributed by atoms with E-state index in [0.29, 0.717) is 5.76 Å². The molecular weight excluding hydrogens is 327 g/mol. The van der Waals surface area contributed by atoms with E-state index in [4.69, 9.17) is 8.94 Å². The van der Waals surface area contributed by atoms with Gasteiger partial charge < -0.3 is 14.3 Å². The summed E-state index contributed by atoms with van der Waals surface area (Å²) < 4.78 is 47.5. The van der Waals surface area contributed by atoms with Crippen LogP contribution in [0.1, 0.15) is 21.8 Å². The summed E-state index contributed by atoms with van der Waals surface area (Å²) in [6, 6.07) is 7.20. The van der Waals surface area contributed by atoms with Gasteiger partial charge in [-0.25, -0.2) is 0 Å². The second-order valence-corrected chi connectivity index (χ2v) is 4.75. The Balaban J connectivity index is 1.61. The van der Waals surface area contributed by atoms with E-state index >= 15 is 0 Å². The Labute approximate surface area is 133 Å². The van der Waals surface area contributed by atoms with Gasteiger partial charge in [-0.3, -0.25) is 4.79 Å². The highest BCUT2D eigenvalue weighted by molar-refractivity contribution is 5.94. The second-order valence-electron chi connectivity index (χ2n) is 4.75. The van der Waals surface area contributed by atoms with Crippen LogP contribution in [-0.4, -0.2) is 16.0 Å². The minimum absolute atomic E-state index is 0.0619. The van der Waals surface area contributed by atoms with Gasteiger partial charge in [0.05, 0.1) is 18.4 Å². The Hall–Kier alpha value is -3.10. The van der Waals surface area contributed by atoms with Crippen molar-refractivity contribution in [2.45, 2.75) is 12.7 Å². The molecule has 0 aliphatic heterocycles. The number of benzene rings is 1. The molecule has 0 spiro atoms. The molecule has 0 aliphatic carbocycles. The smallest absolute Gasteiger partial charge is 0.416 e. The number of amides is 1. The van der Waals surface area contributed by atoms with E-state index in [-0.39, 0.29) is 23.8 Å². The van der Waals surface area contributed by atoms with Gasteiger partial charge in [0, 0.05) is 5.56 Å². The zero-order chi connectivity index (χ0) is 17.2. The Morgan fingerprint density at radius 3 is 2.54 bits per heavy atom. The molecular formula is C15H10F3N3O3. The van der Waals surface area contributed by atoms with Gasteiger partial charge in [-0.2, -0.15) is 18.2 Å². The number of nitrogens with zero attached hydrogens (tertiary/aromatic N) is 2. The van der Waals surface area contributed by atoms with Gasteiger partial charge in [-0.1, -0.05) is 5.16 Å². The lowest BCUT2D eigenvalue weighted by atomic mass is 10.1. The Morgan fingerprint density at radius 2 is 1.92 bits per heavy atom. The van der Waals surface area contributed by atoms with Gasteiger partial charge in [0.15, 0.2) is 5.76 Å². The normalized spacial score (nSPS) is 11.5. The fraction of sp³-hybridized carbons (Fsp3) is 0.133. The average Bonchev–Trinajstić information content (AvgIpc) is 3.23.